The molecule has 3 rings (SSSR count). The lowest BCUT2D eigenvalue weighted by Crippen LogP contribution is -2.29. The van der Waals surface area contributed by atoms with Crippen LogP contribution in [0.4, 0.5) is 11.4 Å². The van der Waals surface area contributed by atoms with Gasteiger partial charge >= 0.3 is 0 Å². The minimum atomic E-state index is 0.880. The Bertz CT molecular complexity index is 544. The van der Waals surface area contributed by atoms with Gasteiger partial charge in [-0.15, -0.1) is 11.3 Å². The summed E-state index contributed by atoms with van der Waals surface area (Å²) in [7, 11) is 0. The lowest BCUT2D eigenvalue weighted by Gasteiger charge is -2.28. The van der Waals surface area contributed by atoms with Crippen LogP contribution in [-0.2, 0) is 6.54 Å². The Labute approximate surface area is 132 Å². The lowest BCUT2D eigenvalue weighted by molar-refractivity contribution is 0.578. The van der Waals surface area contributed by atoms with E-state index in [2.05, 4.69) is 61.9 Å². The average Bonchev–Trinajstić information content (AvgIpc) is 2.92. The van der Waals surface area contributed by atoms with Crippen LogP contribution in [0.15, 0.2) is 39.5 Å². The monoisotopic (exact) mass is 350 g/mol. The number of nitrogens with zero attached hydrogens (tertiary/aromatic N) is 1. The minimum Gasteiger partial charge on any atom is -0.381 e. The highest BCUT2D eigenvalue weighted by atomic mass is 79.9. The lowest BCUT2D eigenvalue weighted by atomic mass is 10.1. The summed E-state index contributed by atoms with van der Waals surface area (Å²) in [6.45, 7) is 3.29. The van der Waals surface area contributed by atoms with Crippen molar-refractivity contribution in [3.05, 3.63) is 45.1 Å². The molecule has 1 fully saturated rings. The highest BCUT2D eigenvalue weighted by Gasteiger charge is 2.10. The summed E-state index contributed by atoms with van der Waals surface area (Å²) >= 11 is 5.23. The van der Waals surface area contributed by atoms with Crippen molar-refractivity contribution in [2.24, 2.45) is 0 Å². The Morgan fingerprint density at radius 1 is 1.10 bits per heavy atom. The van der Waals surface area contributed by atoms with E-state index in [4.69, 9.17) is 0 Å². The van der Waals surface area contributed by atoms with Gasteiger partial charge in [0.05, 0.1) is 3.79 Å². The van der Waals surface area contributed by atoms with Gasteiger partial charge in [-0.2, -0.15) is 0 Å². The molecule has 0 bridgehead atoms. The standard InChI is InChI=1S/C16H19BrN2S/c17-16-10-13(12-20-16)11-18-14-4-6-15(7-5-14)19-8-2-1-3-9-19/h4-7,10,12,18H,1-3,8-9,11H2. The number of halogens is 1. The summed E-state index contributed by atoms with van der Waals surface area (Å²) in [5.74, 6) is 0. The molecular weight excluding hydrogens is 332 g/mol. The molecule has 0 atom stereocenters. The molecule has 0 spiro atoms. The molecular formula is C16H19BrN2S. The van der Waals surface area contributed by atoms with Crippen LogP contribution in [-0.4, -0.2) is 13.1 Å². The maximum atomic E-state index is 3.50. The molecule has 0 amide bonds. The smallest absolute Gasteiger partial charge is 0.0701 e. The SMILES string of the molecule is Brc1cc(CNc2ccc(N3CCCCC3)cc2)cs1. The van der Waals surface area contributed by atoms with Crippen LogP contribution >= 0.6 is 27.3 Å². The van der Waals surface area contributed by atoms with Gasteiger partial charge in [0.2, 0.25) is 0 Å². The van der Waals surface area contributed by atoms with E-state index in [1.54, 1.807) is 11.3 Å². The van der Waals surface area contributed by atoms with Gasteiger partial charge in [0.15, 0.2) is 0 Å². The van der Waals surface area contributed by atoms with Gasteiger partial charge in [0, 0.05) is 31.0 Å². The normalized spacial score (nSPS) is 15.3. The van der Waals surface area contributed by atoms with Crippen LogP contribution in [0.1, 0.15) is 24.8 Å². The van der Waals surface area contributed by atoms with Gasteiger partial charge in [0.25, 0.3) is 0 Å². The quantitative estimate of drug-likeness (QED) is 0.823. The maximum absolute atomic E-state index is 3.50. The van der Waals surface area contributed by atoms with Crippen molar-refractivity contribution in [2.45, 2.75) is 25.8 Å². The predicted molar refractivity (Wildman–Crippen MR) is 91.9 cm³/mol. The Balaban J connectivity index is 1.58. The summed E-state index contributed by atoms with van der Waals surface area (Å²) in [4.78, 5) is 2.49. The molecule has 1 saturated heterocycles. The van der Waals surface area contributed by atoms with Crippen molar-refractivity contribution in [3.8, 4) is 0 Å². The van der Waals surface area contributed by atoms with Gasteiger partial charge in [-0.25, -0.2) is 0 Å². The summed E-state index contributed by atoms with van der Waals surface area (Å²) < 4.78 is 1.19. The van der Waals surface area contributed by atoms with Crippen molar-refractivity contribution < 1.29 is 0 Å². The maximum Gasteiger partial charge on any atom is 0.0701 e. The number of hydrogen-bond donors (Lipinski definition) is 1. The zero-order valence-corrected chi connectivity index (χ0v) is 13.8. The molecule has 2 nitrogen and oxygen atoms in total. The first-order chi connectivity index (χ1) is 9.81. The van der Waals surface area contributed by atoms with E-state index in [-0.39, 0.29) is 0 Å². The zero-order chi connectivity index (χ0) is 13.8. The van der Waals surface area contributed by atoms with Gasteiger partial charge < -0.3 is 10.2 Å². The van der Waals surface area contributed by atoms with E-state index < -0.39 is 0 Å². The summed E-state index contributed by atoms with van der Waals surface area (Å²) in [5, 5.41) is 5.65. The van der Waals surface area contributed by atoms with Crippen LogP contribution in [0.3, 0.4) is 0 Å². The molecule has 1 aromatic heterocycles. The van der Waals surface area contributed by atoms with Crippen molar-refractivity contribution in [1.29, 1.82) is 0 Å². The number of nitrogens with one attached hydrogen (secondary N) is 1. The number of rotatable bonds is 4. The van der Waals surface area contributed by atoms with Crippen LogP contribution in [0, 0.1) is 0 Å². The van der Waals surface area contributed by atoms with Crippen molar-refractivity contribution >= 4 is 38.6 Å². The van der Waals surface area contributed by atoms with Crippen molar-refractivity contribution in [3.63, 3.8) is 0 Å². The number of thiophene rings is 1. The van der Waals surface area contributed by atoms with Gasteiger partial charge in [-0.3, -0.25) is 0 Å². The Kier molecular flexibility index (Phi) is 4.63. The first-order valence-corrected chi connectivity index (χ1v) is 8.80. The number of anilines is 2. The average molecular weight is 351 g/mol. The Hall–Kier alpha value is -1.00. The molecule has 4 heteroatoms. The molecule has 106 valence electrons. The van der Waals surface area contributed by atoms with Crippen LogP contribution < -0.4 is 10.2 Å². The third-order valence-electron chi connectivity index (χ3n) is 3.71. The van der Waals surface area contributed by atoms with E-state index in [0.717, 1.165) is 6.54 Å². The fourth-order valence-corrected chi connectivity index (χ4v) is 3.79. The van der Waals surface area contributed by atoms with E-state index in [0.29, 0.717) is 0 Å². The fourth-order valence-electron chi connectivity index (χ4n) is 2.58. The molecule has 1 aliphatic rings. The van der Waals surface area contributed by atoms with E-state index in [1.165, 1.54) is 53.1 Å². The van der Waals surface area contributed by atoms with Crippen molar-refractivity contribution in [2.75, 3.05) is 23.3 Å². The third-order valence-corrected chi connectivity index (χ3v) is 5.26. The molecule has 0 unspecified atom stereocenters. The van der Waals surface area contributed by atoms with Crippen LogP contribution in [0.25, 0.3) is 0 Å². The second-order valence-electron chi connectivity index (χ2n) is 5.21. The fraction of sp³-hybridized carbons (Fsp3) is 0.375. The zero-order valence-electron chi connectivity index (χ0n) is 11.4. The van der Waals surface area contributed by atoms with E-state index in [1.807, 2.05) is 0 Å². The van der Waals surface area contributed by atoms with Gasteiger partial charge in [-0.1, -0.05) is 0 Å². The summed E-state index contributed by atoms with van der Waals surface area (Å²) in [6, 6.07) is 11.0. The first-order valence-electron chi connectivity index (χ1n) is 7.13. The van der Waals surface area contributed by atoms with Gasteiger partial charge in [0.1, 0.15) is 0 Å². The second kappa shape index (κ2) is 6.64. The number of hydrogen-bond acceptors (Lipinski definition) is 3. The van der Waals surface area contributed by atoms with E-state index in [9.17, 15) is 0 Å². The Morgan fingerprint density at radius 3 is 2.50 bits per heavy atom. The van der Waals surface area contributed by atoms with Gasteiger partial charge in [-0.05, 0) is 76.5 Å². The summed E-state index contributed by atoms with van der Waals surface area (Å²) in [5.41, 5.74) is 3.86. The molecule has 0 aliphatic carbocycles. The highest BCUT2D eigenvalue weighted by molar-refractivity contribution is 9.11. The molecule has 1 aliphatic heterocycles. The number of piperidine rings is 1. The number of benzene rings is 1. The third kappa shape index (κ3) is 3.55. The molecule has 0 radical (unpaired) electrons. The molecule has 1 N–H and O–H groups in total. The largest absolute Gasteiger partial charge is 0.381 e. The highest BCUT2D eigenvalue weighted by Crippen LogP contribution is 2.23. The summed E-state index contributed by atoms with van der Waals surface area (Å²) in [6.07, 6.45) is 4.03. The van der Waals surface area contributed by atoms with Crippen LogP contribution in [0.2, 0.25) is 0 Å². The molecule has 2 aromatic rings. The van der Waals surface area contributed by atoms with Crippen molar-refractivity contribution in [1.82, 2.24) is 0 Å². The topological polar surface area (TPSA) is 15.3 Å². The minimum absolute atomic E-state index is 0.880. The predicted octanol–water partition coefficient (Wildman–Crippen LogP) is 5.11. The molecule has 20 heavy (non-hydrogen) atoms. The Morgan fingerprint density at radius 2 is 1.85 bits per heavy atom. The van der Waals surface area contributed by atoms with E-state index >= 15 is 0 Å². The first kappa shape index (κ1) is 14.0. The molecule has 2 heterocycles. The molecule has 1 aromatic carbocycles. The van der Waals surface area contributed by atoms with Crippen LogP contribution in [0.5, 0.6) is 0 Å². The second-order valence-corrected chi connectivity index (χ2v) is 7.50. The molecule has 0 saturated carbocycles.